The molecule has 0 N–H and O–H groups in total. The quantitative estimate of drug-likeness (QED) is 0.833. The van der Waals surface area contributed by atoms with E-state index in [9.17, 15) is 4.79 Å². The van der Waals surface area contributed by atoms with E-state index in [0.29, 0.717) is 6.54 Å². The van der Waals surface area contributed by atoms with E-state index in [1.165, 1.54) is 5.56 Å². The molecular weight excluding hydrogens is 248 g/mol. The van der Waals surface area contributed by atoms with Crippen LogP contribution in [0.3, 0.4) is 0 Å². The van der Waals surface area contributed by atoms with Crippen molar-refractivity contribution >= 4 is 5.91 Å². The molecule has 1 aromatic heterocycles. The molecule has 1 heterocycles. The van der Waals surface area contributed by atoms with Crippen LogP contribution in [0.5, 0.6) is 0 Å². The molecule has 0 saturated carbocycles. The van der Waals surface area contributed by atoms with Crippen molar-refractivity contribution in [1.82, 2.24) is 9.88 Å². The molecule has 0 saturated heterocycles. The summed E-state index contributed by atoms with van der Waals surface area (Å²) < 4.78 is 0. The van der Waals surface area contributed by atoms with Crippen LogP contribution in [0.4, 0.5) is 0 Å². The normalized spacial score (nSPS) is 10.3. The predicted molar refractivity (Wildman–Crippen MR) is 80.5 cm³/mol. The zero-order valence-electron chi connectivity index (χ0n) is 12.0. The fraction of sp³-hybridized carbons (Fsp3) is 0.294. The summed E-state index contributed by atoms with van der Waals surface area (Å²) in [5.41, 5.74) is 3.04. The highest BCUT2D eigenvalue weighted by Gasteiger charge is 2.11. The molecule has 0 aliphatic carbocycles. The fourth-order valence-electron chi connectivity index (χ4n) is 2.16. The molecule has 0 radical (unpaired) electrons. The Morgan fingerprint density at radius 2 is 1.90 bits per heavy atom. The molecule has 20 heavy (non-hydrogen) atoms. The monoisotopic (exact) mass is 268 g/mol. The molecule has 3 heteroatoms. The maximum atomic E-state index is 12.3. The molecule has 1 aromatic carbocycles. The lowest BCUT2D eigenvalue weighted by atomic mass is 10.1. The first-order valence-corrected chi connectivity index (χ1v) is 6.94. The van der Waals surface area contributed by atoms with Crippen LogP contribution < -0.4 is 0 Å². The Morgan fingerprint density at radius 1 is 1.15 bits per heavy atom. The van der Waals surface area contributed by atoms with Gasteiger partial charge >= 0.3 is 0 Å². The minimum Gasteiger partial charge on any atom is -0.337 e. The van der Waals surface area contributed by atoms with E-state index in [0.717, 1.165) is 24.0 Å². The first kappa shape index (κ1) is 14.3. The summed E-state index contributed by atoms with van der Waals surface area (Å²) in [6.07, 6.45) is 5.69. The number of aromatic nitrogens is 1. The summed E-state index contributed by atoms with van der Waals surface area (Å²) in [6.45, 7) is 2.73. The van der Waals surface area contributed by atoms with Crippen molar-refractivity contribution in [3.8, 4) is 0 Å². The minimum atomic E-state index is 0.0388. The molecule has 1 amide bonds. The van der Waals surface area contributed by atoms with E-state index in [4.69, 9.17) is 0 Å². The van der Waals surface area contributed by atoms with Crippen molar-refractivity contribution in [1.29, 1.82) is 0 Å². The van der Waals surface area contributed by atoms with Gasteiger partial charge in [-0.15, -0.1) is 0 Å². The molecule has 2 rings (SSSR count). The van der Waals surface area contributed by atoms with Gasteiger partial charge < -0.3 is 4.90 Å². The van der Waals surface area contributed by atoms with Gasteiger partial charge in [0.05, 0.1) is 0 Å². The zero-order valence-corrected chi connectivity index (χ0v) is 12.0. The highest BCUT2D eigenvalue weighted by molar-refractivity contribution is 5.94. The topological polar surface area (TPSA) is 33.2 Å². The number of amides is 1. The Balaban J connectivity index is 2.03. The van der Waals surface area contributed by atoms with Gasteiger partial charge in [0.15, 0.2) is 0 Å². The van der Waals surface area contributed by atoms with Crippen LogP contribution in [0, 0.1) is 0 Å². The van der Waals surface area contributed by atoms with Crippen molar-refractivity contribution in [2.45, 2.75) is 26.3 Å². The van der Waals surface area contributed by atoms with Crippen molar-refractivity contribution in [3.05, 3.63) is 65.5 Å². The van der Waals surface area contributed by atoms with Crippen molar-refractivity contribution in [2.75, 3.05) is 7.05 Å². The highest BCUT2D eigenvalue weighted by Crippen LogP contribution is 2.10. The lowest BCUT2D eigenvalue weighted by Gasteiger charge is -2.17. The fourth-order valence-corrected chi connectivity index (χ4v) is 2.16. The van der Waals surface area contributed by atoms with Crippen molar-refractivity contribution < 1.29 is 4.79 Å². The minimum absolute atomic E-state index is 0.0388. The van der Waals surface area contributed by atoms with Gasteiger partial charge in [-0.3, -0.25) is 9.78 Å². The molecule has 0 aliphatic rings. The van der Waals surface area contributed by atoms with Crippen LogP contribution in [0.25, 0.3) is 0 Å². The molecule has 3 nitrogen and oxygen atoms in total. The Hall–Kier alpha value is -2.16. The van der Waals surface area contributed by atoms with Crippen LogP contribution in [-0.2, 0) is 13.0 Å². The third-order valence-electron chi connectivity index (χ3n) is 3.23. The Bertz CT molecular complexity index is 549. The number of nitrogens with zero attached hydrogens (tertiary/aromatic N) is 2. The van der Waals surface area contributed by atoms with Crippen molar-refractivity contribution in [3.63, 3.8) is 0 Å². The standard InChI is InChI=1S/C17H20N2O/c1-3-5-14-7-9-16(10-8-14)17(20)19(2)13-15-6-4-11-18-12-15/h4,6-12H,3,5,13H2,1-2H3. The van der Waals surface area contributed by atoms with Crippen LogP contribution >= 0.6 is 0 Å². The third kappa shape index (κ3) is 3.67. The average molecular weight is 268 g/mol. The summed E-state index contributed by atoms with van der Waals surface area (Å²) in [4.78, 5) is 18.1. The van der Waals surface area contributed by atoms with Crippen molar-refractivity contribution in [2.24, 2.45) is 0 Å². The van der Waals surface area contributed by atoms with Gasteiger partial charge in [-0.25, -0.2) is 0 Å². The van der Waals surface area contributed by atoms with Gasteiger partial charge in [-0.05, 0) is 35.7 Å². The van der Waals surface area contributed by atoms with E-state index in [-0.39, 0.29) is 5.91 Å². The molecule has 0 spiro atoms. The predicted octanol–water partition coefficient (Wildman–Crippen LogP) is 3.31. The van der Waals surface area contributed by atoms with Gasteiger partial charge in [0.2, 0.25) is 0 Å². The molecule has 0 unspecified atom stereocenters. The first-order valence-electron chi connectivity index (χ1n) is 6.94. The zero-order chi connectivity index (χ0) is 14.4. The van der Waals surface area contributed by atoms with Crippen LogP contribution in [0.1, 0.15) is 34.8 Å². The Morgan fingerprint density at radius 3 is 2.50 bits per heavy atom. The summed E-state index contributed by atoms with van der Waals surface area (Å²) in [5.74, 6) is 0.0388. The average Bonchev–Trinajstić information content (AvgIpc) is 2.48. The summed E-state index contributed by atoms with van der Waals surface area (Å²) in [7, 11) is 1.81. The number of benzene rings is 1. The smallest absolute Gasteiger partial charge is 0.253 e. The number of carbonyl (C=O) groups is 1. The van der Waals surface area contributed by atoms with Crippen LogP contribution in [0.15, 0.2) is 48.8 Å². The number of carbonyl (C=O) groups excluding carboxylic acids is 1. The highest BCUT2D eigenvalue weighted by atomic mass is 16.2. The van der Waals surface area contributed by atoms with E-state index >= 15 is 0 Å². The molecule has 0 fully saturated rings. The SMILES string of the molecule is CCCc1ccc(C(=O)N(C)Cc2cccnc2)cc1. The second kappa shape index (κ2) is 6.85. The van der Waals surface area contributed by atoms with E-state index < -0.39 is 0 Å². The molecule has 0 aliphatic heterocycles. The molecule has 104 valence electrons. The molecule has 0 bridgehead atoms. The lowest BCUT2D eigenvalue weighted by molar-refractivity contribution is 0.0785. The number of hydrogen-bond acceptors (Lipinski definition) is 2. The van der Waals surface area contributed by atoms with Gasteiger partial charge in [-0.1, -0.05) is 31.5 Å². The van der Waals surface area contributed by atoms with E-state index in [1.54, 1.807) is 17.3 Å². The summed E-state index contributed by atoms with van der Waals surface area (Å²) in [6, 6.07) is 11.7. The Kier molecular flexibility index (Phi) is 4.88. The number of hydrogen-bond donors (Lipinski definition) is 0. The van der Waals surface area contributed by atoms with Gasteiger partial charge in [0, 0.05) is 31.5 Å². The molecule has 2 aromatic rings. The maximum absolute atomic E-state index is 12.3. The molecule has 0 atom stereocenters. The second-order valence-corrected chi connectivity index (χ2v) is 4.97. The third-order valence-corrected chi connectivity index (χ3v) is 3.23. The van der Waals surface area contributed by atoms with E-state index in [2.05, 4.69) is 11.9 Å². The summed E-state index contributed by atoms with van der Waals surface area (Å²) in [5, 5.41) is 0. The van der Waals surface area contributed by atoms with Crippen LogP contribution in [-0.4, -0.2) is 22.8 Å². The largest absolute Gasteiger partial charge is 0.337 e. The number of aryl methyl sites for hydroxylation is 1. The number of rotatable bonds is 5. The van der Waals surface area contributed by atoms with Crippen LogP contribution in [0.2, 0.25) is 0 Å². The van der Waals surface area contributed by atoms with Gasteiger partial charge in [-0.2, -0.15) is 0 Å². The number of pyridine rings is 1. The van der Waals surface area contributed by atoms with Gasteiger partial charge in [0.1, 0.15) is 0 Å². The lowest BCUT2D eigenvalue weighted by Crippen LogP contribution is -2.26. The maximum Gasteiger partial charge on any atom is 0.253 e. The second-order valence-electron chi connectivity index (χ2n) is 4.97. The Labute approximate surface area is 120 Å². The van der Waals surface area contributed by atoms with E-state index in [1.807, 2.05) is 43.4 Å². The first-order chi connectivity index (χ1) is 9.70. The van der Waals surface area contributed by atoms with Gasteiger partial charge in [0.25, 0.3) is 5.91 Å². The molecular formula is C17H20N2O. The summed E-state index contributed by atoms with van der Waals surface area (Å²) >= 11 is 0.